The molecular formula is C29H41FN6O3. The highest BCUT2D eigenvalue weighted by Gasteiger charge is 2.57. The number of aromatic nitrogens is 2. The fraction of sp³-hybridized carbons (Fsp3) is 0.586. The number of nitrogens with zero attached hydrogens (tertiary/aromatic N) is 4. The second-order valence-electron chi connectivity index (χ2n) is 12.2. The summed E-state index contributed by atoms with van der Waals surface area (Å²) >= 11 is 0. The van der Waals surface area contributed by atoms with Gasteiger partial charge in [0.1, 0.15) is 17.7 Å². The third kappa shape index (κ3) is 6.00. The van der Waals surface area contributed by atoms with Crippen LogP contribution >= 0.6 is 0 Å². The molecule has 0 radical (unpaired) electrons. The molecule has 2 N–H and O–H groups in total. The number of amides is 2. The molecule has 39 heavy (non-hydrogen) atoms. The molecule has 0 bridgehead atoms. The standard InChI is InChI=1S/C29H41FN6O3/c1-18(2)36(19(3)4)26(37)21-14-20(30)8-9-22(21)34-23-15-32-17-33-24(23)25-29(10-12-31-13-11-29)16-35(25)27(38)39-28(5,6)7/h8-9,14-15,17-19,25,31,34H,10-13,16H2,1-7H3. The van der Waals surface area contributed by atoms with Crippen molar-refractivity contribution in [3.63, 3.8) is 0 Å². The summed E-state index contributed by atoms with van der Waals surface area (Å²) in [5.74, 6) is -0.765. The largest absolute Gasteiger partial charge is 0.444 e. The zero-order valence-corrected chi connectivity index (χ0v) is 24.0. The number of carbonyl (C=O) groups excluding carboxylic acids is 2. The molecule has 1 spiro atoms. The molecule has 10 heteroatoms. The number of likely N-dealkylation sites (tertiary alicyclic amines) is 1. The topological polar surface area (TPSA) is 99.7 Å². The molecule has 2 fully saturated rings. The third-order valence-corrected chi connectivity index (χ3v) is 7.43. The first-order chi connectivity index (χ1) is 18.3. The SMILES string of the molecule is CC(C)N(C(=O)c1cc(F)ccc1Nc1cncnc1C1N(C(=O)OC(C)(C)C)CC12CCNCC2)C(C)C. The minimum absolute atomic E-state index is 0.0682. The van der Waals surface area contributed by atoms with Crippen LogP contribution in [0.5, 0.6) is 0 Å². The molecule has 1 unspecified atom stereocenters. The van der Waals surface area contributed by atoms with E-state index in [1.807, 2.05) is 48.5 Å². The van der Waals surface area contributed by atoms with Crippen molar-refractivity contribution in [2.24, 2.45) is 5.41 Å². The second kappa shape index (κ2) is 11.1. The smallest absolute Gasteiger partial charge is 0.410 e. The van der Waals surface area contributed by atoms with Crippen LogP contribution in [0.25, 0.3) is 0 Å². The number of hydrogen-bond acceptors (Lipinski definition) is 7. The Kier molecular flexibility index (Phi) is 8.16. The Morgan fingerprint density at radius 2 is 1.82 bits per heavy atom. The van der Waals surface area contributed by atoms with E-state index in [2.05, 4.69) is 20.6 Å². The van der Waals surface area contributed by atoms with Crippen LogP contribution in [0.15, 0.2) is 30.7 Å². The predicted octanol–water partition coefficient (Wildman–Crippen LogP) is 5.28. The molecular weight excluding hydrogens is 499 g/mol. The van der Waals surface area contributed by atoms with E-state index in [4.69, 9.17) is 4.74 Å². The molecule has 2 aliphatic heterocycles. The van der Waals surface area contributed by atoms with Crippen molar-refractivity contribution in [3.05, 3.63) is 47.8 Å². The average Bonchev–Trinajstić information content (AvgIpc) is 2.84. The molecule has 2 amide bonds. The molecule has 212 valence electrons. The van der Waals surface area contributed by atoms with E-state index in [0.717, 1.165) is 25.9 Å². The van der Waals surface area contributed by atoms with Gasteiger partial charge in [-0.15, -0.1) is 0 Å². The Labute approximate surface area is 230 Å². The maximum atomic E-state index is 14.4. The zero-order valence-electron chi connectivity index (χ0n) is 24.0. The lowest BCUT2D eigenvalue weighted by atomic mass is 9.64. The van der Waals surface area contributed by atoms with Gasteiger partial charge in [0.2, 0.25) is 0 Å². The van der Waals surface area contributed by atoms with Crippen molar-refractivity contribution < 1.29 is 18.7 Å². The normalized spacial score (nSPS) is 18.7. The molecule has 3 heterocycles. The first-order valence-electron chi connectivity index (χ1n) is 13.7. The van der Waals surface area contributed by atoms with Gasteiger partial charge in [0, 0.05) is 24.0 Å². The zero-order chi connectivity index (χ0) is 28.5. The monoisotopic (exact) mass is 540 g/mol. The number of ether oxygens (including phenoxy) is 1. The summed E-state index contributed by atoms with van der Waals surface area (Å²) in [6.07, 6.45) is 4.50. The van der Waals surface area contributed by atoms with E-state index < -0.39 is 11.4 Å². The molecule has 2 aliphatic rings. The number of halogens is 1. The van der Waals surface area contributed by atoms with Crippen LogP contribution in [0.1, 0.15) is 83.4 Å². The average molecular weight is 541 g/mol. The van der Waals surface area contributed by atoms with Crippen molar-refractivity contribution >= 4 is 23.4 Å². The Morgan fingerprint density at radius 3 is 2.44 bits per heavy atom. The lowest BCUT2D eigenvalue weighted by Crippen LogP contribution is -2.64. The molecule has 2 aromatic rings. The number of nitrogens with one attached hydrogen (secondary N) is 2. The van der Waals surface area contributed by atoms with E-state index in [1.165, 1.54) is 18.5 Å². The lowest BCUT2D eigenvalue weighted by molar-refractivity contribution is -0.0984. The van der Waals surface area contributed by atoms with Crippen molar-refractivity contribution in [2.45, 2.75) is 85.0 Å². The van der Waals surface area contributed by atoms with Crippen LogP contribution in [0.3, 0.4) is 0 Å². The minimum atomic E-state index is -0.632. The van der Waals surface area contributed by atoms with E-state index in [0.29, 0.717) is 23.6 Å². The number of anilines is 2. The Hall–Kier alpha value is -3.27. The van der Waals surface area contributed by atoms with E-state index >= 15 is 0 Å². The summed E-state index contributed by atoms with van der Waals surface area (Å²) in [6.45, 7) is 15.6. The first kappa shape index (κ1) is 28.7. The molecule has 1 aromatic carbocycles. The Balaban J connectivity index is 1.73. The quantitative estimate of drug-likeness (QED) is 0.514. The van der Waals surface area contributed by atoms with E-state index in [1.54, 1.807) is 22.1 Å². The van der Waals surface area contributed by atoms with Gasteiger partial charge < -0.3 is 20.3 Å². The third-order valence-electron chi connectivity index (χ3n) is 7.43. The minimum Gasteiger partial charge on any atom is -0.444 e. The van der Waals surface area contributed by atoms with Crippen LogP contribution < -0.4 is 10.6 Å². The van der Waals surface area contributed by atoms with Crippen molar-refractivity contribution in [1.29, 1.82) is 0 Å². The highest BCUT2D eigenvalue weighted by atomic mass is 19.1. The van der Waals surface area contributed by atoms with Crippen LogP contribution in [0.2, 0.25) is 0 Å². The highest BCUT2D eigenvalue weighted by molar-refractivity contribution is 6.00. The van der Waals surface area contributed by atoms with Crippen molar-refractivity contribution in [2.75, 3.05) is 25.0 Å². The van der Waals surface area contributed by atoms with Gasteiger partial charge in [-0.2, -0.15) is 0 Å². The number of carbonyl (C=O) groups is 2. The van der Waals surface area contributed by atoms with E-state index in [9.17, 15) is 14.0 Å². The summed E-state index contributed by atoms with van der Waals surface area (Å²) in [5.41, 5.74) is 1.10. The van der Waals surface area contributed by atoms with E-state index in [-0.39, 0.29) is 41.1 Å². The molecule has 1 atom stereocenters. The lowest BCUT2D eigenvalue weighted by Gasteiger charge is -2.58. The molecule has 4 rings (SSSR count). The van der Waals surface area contributed by atoms with Gasteiger partial charge in [-0.1, -0.05) is 0 Å². The van der Waals surface area contributed by atoms with Crippen LogP contribution in [0.4, 0.5) is 20.6 Å². The van der Waals surface area contributed by atoms with Crippen molar-refractivity contribution in [3.8, 4) is 0 Å². The second-order valence-corrected chi connectivity index (χ2v) is 12.2. The molecule has 0 aliphatic carbocycles. The first-order valence-corrected chi connectivity index (χ1v) is 13.7. The van der Waals surface area contributed by atoms with Crippen molar-refractivity contribution in [1.82, 2.24) is 25.1 Å². The maximum Gasteiger partial charge on any atom is 0.410 e. The highest BCUT2D eigenvalue weighted by Crippen LogP contribution is 2.55. The van der Waals surface area contributed by atoms with Gasteiger partial charge in [0.25, 0.3) is 5.91 Å². The summed E-state index contributed by atoms with van der Waals surface area (Å²) < 4.78 is 20.1. The summed E-state index contributed by atoms with van der Waals surface area (Å²) in [4.78, 5) is 39.2. The van der Waals surface area contributed by atoms with Gasteiger partial charge in [0.15, 0.2) is 0 Å². The van der Waals surface area contributed by atoms with Crippen LogP contribution in [-0.2, 0) is 4.74 Å². The van der Waals surface area contributed by atoms with Gasteiger partial charge in [-0.3, -0.25) is 9.69 Å². The van der Waals surface area contributed by atoms with Crippen LogP contribution in [0, 0.1) is 11.2 Å². The van der Waals surface area contributed by atoms with Gasteiger partial charge in [0.05, 0.1) is 34.9 Å². The molecule has 0 saturated carbocycles. The number of rotatable bonds is 6. The van der Waals surface area contributed by atoms with Crippen LogP contribution in [-0.4, -0.2) is 69.1 Å². The Bertz CT molecular complexity index is 1200. The maximum absolute atomic E-state index is 14.4. The fourth-order valence-electron chi connectivity index (χ4n) is 5.82. The summed E-state index contributed by atoms with van der Waals surface area (Å²) in [6, 6.07) is 3.68. The summed E-state index contributed by atoms with van der Waals surface area (Å²) in [5, 5.41) is 6.74. The summed E-state index contributed by atoms with van der Waals surface area (Å²) in [7, 11) is 0. The van der Waals surface area contributed by atoms with Gasteiger partial charge >= 0.3 is 6.09 Å². The fourth-order valence-corrected chi connectivity index (χ4v) is 5.82. The Morgan fingerprint density at radius 1 is 1.15 bits per heavy atom. The number of hydrogen-bond donors (Lipinski definition) is 2. The predicted molar refractivity (Wildman–Crippen MR) is 148 cm³/mol. The number of benzene rings is 1. The molecule has 9 nitrogen and oxygen atoms in total. The number of piperidine rings is 1. The molecule has 2 saturated heterocycles. The molecule has 1 aromatic heterocycles. The van der Waals surface area contributed by atoms with Gasteiger partial charge in [-0.25, -0.2) is 19.2 Å². The van der Waals surface area contributed by atoms with Gasteiger partial charge in [-0.05, 0) is 92.6 Å².